The number of urea groups is 1. The Kier molecular flexibility index (Phi) is 5.62. The maximum Gasteiger partial charge on any atom is 0.322 e. The van der Waals surface area contributed by atoms with Gasteiger partial charge in [0, 0.05) is 37.3 Å². The number of fused-ring (bicyclic) bond motifs is 2. The molecule has 8 heteroatoms. The highest BCUT2D eigenvalue weighted by Gasteiger charge is 2.39. The first-order valence-electron chi connectivity index (χ1n) is 12.1. The number of carbonyl (C=O) groups excluding carboxylic acids is 4. The van der Waals surface area contributed by atoms with Crippen LogP contribution < -0.4 is 10.6 Å². The van der Waals surface area contributed by atoms with Crippen molar-refractivity contribution in [1.82, 2.24) is 15.1 Å². The Morgan fingerprint density at radius 2 is 1.77 bits per heavy atom. The molecule has 0 saturated carbocycles. The van der Waals surface area contributed by atoms with E-state index in [-0.39, 0.29) is 36.2 Å². The summed E-state index contributed by atoms with van der Waals surface area (Å²) in [7, 11) is 0. The molecule has 0 aromatic heterocycles. The Labute approximate surface area is 204 Å². The van der Waals surface area contributed by atoms with Crippen molar-refractivity contribution < 1.29 is 19.2 Å². The molecule has 3 heterocycles. The zero-order chi connectivity index (χ0) is 24.9. The minimum atomic E-state index is -0.656. The van der Waals surface area contributed by atoms with Crippen LogP contribution >= 0.6 is 0 Å². The van der Waals surface area contributed by atoms with Crippen LogP contribution in [0.1, 0.15) is 66.2 Å². The predicted octanol–water partition coefficient (Wildman–Crippen LogP) is 3.34. The fraction of sp³-hybridized carbons (Fsp3) is 0.407. The predicted molar refractivity (Wildman–Crippen MR) is 131 cm³/mol. The lowest BCUT2D eigenvalue weighted by atomic mass is 9.84. The largest absolute Gasteiger partial charge is 0.322 e. The molecule has 1 fully saturated rings. The molecule has 5 amide bonds. The van der Waals surface area contributed by atoms with Crippen molar-refractivity contribution in [1.29, 1.82) is 0 Å². The molecule has 1 atom stereocenters. The van der Waals surface area contributed by atoms with Crippen LogP contribution in [-0.2, 0) is 34.5 Å². The summed E-state index contributed by atoms with van der Waals surface area (Å²) in [5.41, 5.74) is 5.65. The number of hydrogen-bond donors (Lipinski definition) is 2. The fourth-order valence-electron chi connectivity index (χ4n) is 5.05. The highest BCUT2D eigenvalue weighted by Crippen LogP contribution is 2.31. The van der Waals surface area contributed by atoms with Gasteiger partial charge in [-0.15, -0.1) is 0 Å². The lowest BCUT2D eigenvalue weighted by Gasteiger charge is -2.30. The highest BCUT2D eigenvalue weighted by molar-refractivity contribution is 6.05. The van der Waals surface area contributed by atoms with Gasteiger partial charge in [-0.1, -0.05) is 39.0 Å². The average Bonchev–Trinajstić information content (AvgIpc) is 3.13. The normalized spacial score (nSPS) is 19.9. The van der Waals surface area contributed by atoms with Gasteiger partial charge in [0.2, 0.25) is 11.8 Å². The molecule has 0 bridgehead atoms. The van der Waals surface area contributed by atoms with Gasteiger partial charge in [0.05, 0.1) is 0 Å². The third-order valence-corrected chi connectivity index (χ3v) is 7.15. The molecule has 2 aromatic carbocycles. The molecule has 1 unspecified atom stereocenters. The Morgan fingerprint density at radius 3 is 2.51 bits per heavy atom. The summed E-state index contributed by atoms with van der Waals surface area (Å²) in [6.07, 6.45) is 1.35. The highest BCUT2D eigenvalue weighted by atomic mass is 16.2. The molecule has 0 aliphatic carbocycles. The number of nitrogens with zero attached hydrogens (tertiary/aromatic N) is 2. The van der Waals surface area contributed by atoms with Gasteiger partial charge in [0.1, 0.15) is 6.04 Å². The second-order valence-electron chi connectivity index (χ2n) is 10.6. The Morgan fingerprint density at radius 1 is 0.971 bits per heavy atom. The van der Waals surface area contributed by atoms with Crippen molar-refractivity contribution in [3.05, 3.63) is 64.2 Å². The number of imide groups is 1. The van der Waals surface area contributed by atoms with Crippen LogP contribution in [0.25, 0.3) is 0 Å². The zero-order valence-corrected chi connectivity index (χ0v) is 20.3. The van der Waals surface area contributed by atoms with Gasteiger partial charge in [0.25, 0.3) is 5.91 Å². The van der Waals surface area contributed by atoms with Crippen molar-refractivity contribution in [2.45, 2.75) is 64.6 Å². The Hall–Kier alpha value is -3.68. The van der Waals surface area contributed by atoms with E-state index >= 15 is 0 Å². The van der Waals surface area contributed by atoms with Crippen molar-refractivity contribution in [3.63, 3.8) is 0 Å². The minimum absolute atomic E-state index is 0.0448. The number of piperidine rings is 1. The fourth-order valence-corrected chi connectivity index (χ4v) is 5.05. The molecule has 0 radical (unpaired) electrons. The number of nitrogens with one attached hydrogen (secondary N) is 2. The summed E-state index contributed by atoms with van der Waals surface area (Å²) < 4.78 is 0. The van der Waals surface area contributed by atoms with Gasteiger partial charge in [-0.3, -0.25) is 19.7 Å². The summed E-state index contributed by atoms with van der Waals surface area (Å²) in [6.45, 7) is 8.01. The molecule has 2 N–H and O–H groups in total. The lowest BCUT2D eigenvalue weighted by molar-refractivity contribution is -0.136. The molecular formula is C27H30N4O4. The summed E-state index contributed by atoms with van der Waals surface area (Å²) in [4.78, 5) is 53.0. The van der Waals surface area contributed by atoms with Crippen molar-refractivity contribution in [2.75, 3.05) is 11.9 Å². The maximum atomic E-state index is 13.1. The monoisotopic (exact) mass is 474 g/mol. The number of anilines is 1. The second-order valence-corrected chi connectivity index (χ2v) is 10.6. The molecular weight excluding hydrogens is 444 g/mol. The first kappa shape index (κ1) is 23.1. The smallest absolute Gasteiger partial charge is 0.322 e. The standard InChI is InChI=1S/C27H30N4O4/c1-27(2,3)19-5-4-16-10-11-30(14-17(16)12-19)26(35)28-20-6-7-21-18(13-20)15-31(25(21)34)22-8-9-23(32)29-24(22)33/h4-7,12-13,22H,8-11,14-15H2,1-3H3,(H,28,35)(H,29,32,33). The molecule has 0 spiro atoms. The van der Waals surface area contributed by atoms with E-state index in [4.69, 9.17) is 0 Å². The van der Waals surface area contributed by atoms with E-state index < -0.39 is 11.9 Å². The molecule has 3 aliphatic heterocycles. The van der Waals surface area contributed by atoms with E-state index in [9.17, 15) is 19.2 Å². The first-order chi connectivity index (χ1) is 16.6. The average molecular weight is 475 g/mol. The van der Waals surface area contributed by atoms with Crippen molar-refractivity contribution in [3.8, 4) is 0 Å². The Bertz CT molecular complexity index is 1250. The van der Waals surface area contributed by atoms with Gasteiger partial charge in [-0.05, 0) is 58.7 Å². The molecule has 1 saturated heterocycles. The number of rotatable bonds is 2. The number of amides is 5. The van der Waals surface area contributed by atoms with Crippen LogP contribution in [0.2, 0.25) is 0 Å². The third kappa shape index (κ3) is 4.40. The SMILES string of the molecule is CC(C)(C)c1ccc2c(c1)CN(C(=O)Nc1ccc3c(c1)CN(C1CCC(=O)NC1=O)C3=O)CC2. The van der Waals surface area contributed by atoms with Crippen LogP contribution in [0.3, 0.4) is 0 Å². The van der Waals surface area contributed by atoms with Crippen LogP contribution in [-0.4, -0.2) is 46.1 Å². The number of carbonyl (C=O) groups is 4. The molecule has 5 rings (SSSR count). The summed E-state index contributed by atoms with van der Waals surface area (Å²) in [5, 5.41) is 5.29. The topological polar surface area (TPSA) is 98.8 Å². The second kappa shape index (κ2) is 8.52. The summed E-state index contributed by atoms with van der Waals surface area (Å²) >= 11 is 0. The lowest BCUT2D eigenvalue weighted by Crippen LogP contribution is -2.52. The van der Waals surface area contributed by atoms with Crippen molar-refractivity contribution >= 4 is 29.4 Å². The summed E-state index contributed by atoms with van der Waals surface area (Å²) in [6, 6.07) is 10.9. The van der Waals surface area contributed by atoms with Gasteiger partial charge in [-0.25, -0.2) is 4.79 Å². The van der Waals surface area contributed by atoms with E-state index in [0.29, 0.717) is 30.8 Å². The molecule has 8 nitrogen and oxygen atoms in total. The number of benzene rings is 2. The Balaban J connectivity index is 1.27. The van der Waals surface area contributed by atoms with E-state index in [0.717, 1.165) is 12.0 Å². The van der Waals surface area contributed by atoms with Gasteiger partial charge in [0.15, 0.2) is 0 Å². The zero-order valence-electron chi connectivity index (χ0n) is 20.3. The van der Waals surface area contributed by atoms with Crippen LogP contribution in [0.4, 0.5) is 10.5 Å². The van der Waals surface area contributed by atoms with Crippen molar-refractivity contribution in [2.24, 2.45) is 0 Å². The molecule has 35 heavy (non-hydrogen) atoms. The van der Waals surface area contributed by atoms with Crippen LogP contribution in [0.15, 0.2) is 36.4 Å². The molecule has 2 aromatic rings. The summed E-state index contributed by atoms with van der Waals surface area (Å²) in [5.74, 6) is -0.971. The quantitative estimate of drug-likeness (QED) is 0.653. The first-order valence-corrected chi connectivity index (χ1v) is 12.1. The van der Waals surface area contributed by atoms with Crippen LogP contribution in [0, 0.1) is 0 Å². The van der Waals surface area contributed by atoms with Crippen LogP contribution in [0.5, 0.6) is 0 Å². The van der Waals surface area contributed by atoms with Gasteiger partial charge in [-0.2, -0.15) is 0 Å². The van der Waals surface area contributed by atoms with E-state index in [1.807, 2.05) is 4.90 Å². The third-order valence-electron chi connectivity index (χ3n) is 7.15. The van der Waals surface area contributed by atoms with E-state index in [2.05, 4.69) is 49.6 Å². The van der Waals surface area contributed by atoms with Gasteiger partial charge >= 0.3 is 6.03 Å². The van der Waals surface area contributed by atoms with Gasteiger partial charge < -0.3 is 15.1 Å². The maximum absolute atomic E-state index is 13.1. The molecule has 3 aliphatic rings. The van der Waals surface area contributed by atoms with E-state index in [1.54, 1.807) is 18.2 Å². The molecule has 182 valence electrons. The van der Waals surface area contributed by atoms with E-state index in [1.165, 1.54) is 21.6 Å². The number of hydrogen-bond acceptors (Lipinski definition) is 4. The minimum Gasteiger partial charge on any atom is -0.322 e.